The predicted octanol–water partition coefficient (Wildman–Crippen LogP) is 4.46. The van der Waals surface area contributed by atoms with E-state index in [1.165, 1.54) is 34.1 Å². The van der Waals surface area contributed by atoms with Crippen LogP contribution >= 0.6 is 0 Å². The van der Waals surface area contributed by atoms with Crippen molar-refractivity contribution in [1.82, 2.24) is 10.6 Å². The van der Waals surface area contributed by atoms with E-state index in [9.17, 15) is 26.7 Å². The van der Waals surface area contributed by atoms with Crippen LogP contribution in [0.15, 0.2) is 30.3 Å². The molecule has 0 aliphatic heterocycles. The van der Waals surface area contributed by atoms with Gasteiger partial charge in [0.1, 0.15) is 29.2 Å². The maximum absolute atomic E-state index is 14.5. The van der Waals surface area contributed by atoms with Crippen LogP contribution in [0.5, 0.6) is 5.75 Å². The first-order chi connectivity index (χ1) is 14.5. The summed E-state index contributed by atoms with van der Waals surface area (Å²) in [6, 6.07) is 2.60. The molecule has 0 aliphatic rings. The summed E-state index contributed by atoms with van der Waals surface area (Å²) in [6.45, 7) is 2.83. The molecule has 2 aromatic carbocycles. The number of hydrogen-bond acceptors (Lipinski definition) is 3. The van der Waals surface area contributed by atoms with Crippen molar-refractivity contribution in [3.8, 4) is 16.9 Å². The summed E-state index contributed by atoms with van der Waals surface area (Å²) in [4.78, 5) is 12.6. The minimum atomic E-state index is -3.16. The van der Waals surface area contributed by atoms with Crippen LogP contribution in [0.4, 0.5) is 22.0 Å². The van der Waals surface area contributed by atoms with Gasteiger partial charge in [-0.25, -0.2) is 22.0 Å². The molecule has 31 heavy (non-hydrogen) atoms. The van der Waals surface area contributed by atoms with Gasteiger partial charge < -0.3 is 15.4 Å². The number of amides is 1. The van der Waals surface area contributed by atoms with E-state index < -0.39 is 54.2 Å². The summed E-state index contributed by atoms with van der Waals surface area (Å²) in [5.41, 5.74) is -0.171. The standard InChI is InChI=1S/C22H25F5N2O2/c1-5-22(26,27)21(12(2)28-3)29-18(30)10-13-6-7-17(25)19(20(13)31-4)14-8-15(23)11-16(24)9-14/h6-9,11-12,21,28H,5,10H2,1-4H3,(H,29,30)/t12-,21+/m0/s1. The van der Waals surface area contributed by atoms with Gasteiger partial charge in [0.25, 0.3) is 5.92 Å². The average molecular weight is 444 g/mol. The Kier molecular flexibility index (Phi) is 8.00. The van der Waals surface area contributed by atoms with Crippen molar-refractivity contribution in [3.63, 3.8) is 0 Å². The lowest BCUT2D eigenvalue weighted by Crippen LogP contribution is -2.57. The molecule has 1 amide bonds. The second-order valence-electron chi connectivity index (χ2n) is 7.19. The Hall–Kier alpha value is -2.68. The first kappa shape index (κ1) is 24.6. The Labute approximate surface area is 177 Å². The van der Waals surface area contributed by atoms with Gasteiger partial charge in [-0.2, -0.15) is 0 Å². The van der Waals surface area contributed by atoms with Crippen molar-refractivity contribution in [1.29, 1.82) is 0 Å². The fourth-order valence-corrected chi connectivity index (χ4v) is 3.32. The number of carbonyl (C=O) groups is 1. The number of likely N-dealkylation sites (N-methyl/N-ethyl adjacent to an activating group) is 1. The van der Waals surface area contributed by atoms with E-state index in [1.807, 2.05) is 0 Å². The quantitative estimate of drug-likeness (QED) is 0.562. The highest BCUT2D eigenvalue weighted by Gasteiger charge is 2.41. The molecule has 2 N–H and O–H groups in total. The smallest absolute Gasteiger partial charge is 0.269 e. The molecule has 0 radical (unpaired) electrons. The van der Waals surface area contributed by atoms with Gasteiger partial charge in [-0.05, 0) is 37.7 Å². The molecule has 0 bridgehead atoms. The van der Waals surface area contributed by atoms with E-state index in [1.54, 1.807) is 0 Å². The van der Waals surface area contributed by atoms with Crippen molar-refractivity contribution in [2.45, 2.75) is 44.7 Å². The molecule has 0 fully saturated rings. The van der Waals surface area contributed by atoms with Crippen LogP contribution in [-0.2, 0) is 11.2 Å². The Morgan fingerprint density at radius 3 is 2.26 bits per heavy atom. The number of halogens is 5. The molecule has 2 rings (SSSR count). The third kappa shape index (κ3) is 5.72. The van der Waals surface area contributed by atoms with Crippen LogP contribution in [0.3, 0.4) is 0 Å². The van der Waals surface area contributed by atoms with Crippen LogP contribution in [0.25, 0.3) is 11.1 Å². The van der Waals surface area contributed by atoms with E-state index in [4.69, 9.17) is 4.74 Å². The predicted molar refractivity (Wildman–Crippen MR) is 108 cm³/mol. The number of benzene rings is 2. The van der Waals surface area contributed by atoms with Crippen molar-refractivity contribution in [2.24, 2.45) is 0 Å². The molecule has 0 saturated carbocycles. The SMILES string of the molecule is CCC(F)(F)[C@H](NC(=O)Cc1ccc(F)c(-c2cc(F)cc(F)c2)c1OC)[C@H](C)NC. The fourth-order valence-electron chi connectivity index (χ4n) is 3.32. The lowest BCUT2D eigenvalue weighted by molar-refractivity contribution is -0.126. The fraction of sp³-hybridized carbons (Fsp3) is 0.409. The summed E-state index contributed by atoms with van der Waals surface area (Å²) < 4.78 is 75.7. The zero-order valence-corrected chi connectivity index (χ0v) is 17.7. The number of hydrogen-bond donors (Lipinski definition) is 2. The molecule has 0 aliphatic carbocycles. The van der Waals surface area contributed by atoms with E-state index >= 15 is 0 Å². The Bertz CT molecular complexity index is 916. The van der Waals surface area contributed by atoms with Crippen LogP contribution < -0.4 is 15.4 Å². The zero-order chi connectivity index (χ0) is 23.3. The summed E-state index contributed by atoms with van der Waals surface area (Å²) in [6.07, 6.45) is -0.875. The minimum Gasteiger partial charge on any atom is -0.496 e. The van der Waals surface area contributed by atoms with E-state index in [0.717, 1.165) is 18.2 Å². The number of methoxy groups -OCH3 is 1. The number of carbonyl (C=O) groups excluding carboxylic acids is 1. The van der Waals surface area contributed by atoms with Gasteiger partial charge in [-0.3, -0.25) is 4.79 Å². The highest BCUT2D eigenvalue weighted by molar-refractivity contribution is 5.82. The molecule has 0 heterocycles. The normalized spacial score (nSPS) is 13.6. The number of nitrogens with one attached hydrogen (secondary N) is 2. The third-order valence-electron chi connectivity index (χ3n) is 5.09. The highest BCUT2D eigenvalue weighted by atomic mass is 19.3. The molecule has 2 aromatic rings. The zero-order valence-electron chi connectivity index (χ0n) is 17.7. The molecule has 4 nitrogen and oxygen atoms in total. The summed E-state index contributed by atoms with van der Waals surface area (Å²) in [7, 11) is 2.72. The van der Waals surface area contributed by atoms with Crippen molar-refractivity contribution in [3.05, 3.63) is 53.3 Å². The topological polar surface area (TPSA) is 50.4 Å². The van der Waals surface area contributed by atoms with Crippen LogP contribution in [0.1, 0.15) is 25.8 Å². The Morgan fingerprint density at radius 1 is 1.13 bits per heavy atom. The molecular weight excluding hydrogens is 419 g/mol. The van der Waals surface area contributed by atoms with Gasteiger partial charge in [0.2, 0.25) is 5.91 Å². The lowest BCUT2D eigenvalue weighted by atomic mass is 9.97. The molecule has 9 heteroatoms. The van der Waals surface area contributed by atoms with Crippen molar-refractivity contribution in [2.75, 3.05) is 14.2 Å². The van der Waals surface area contributed by atoms with Gasteiger partial charge in [0.05, 0.1) is 19.1 Å². The van der Waals surface area contributed by atoms with Crippen molar-refractivity contribution < 1.29 is 31.5 Å². The number of alkyl halides is 2. The summed E-state index contributed by atoms with van der Waals surface area (Å²) >= 11 is 0. The van der Waals surface area contributed by atoms with Crippen LogP contribution in [0, 0.1) is 17.5 Å². The molecule has 2 atom stereocenters. The van der Waals surface area contributed by atoms with Gasteiger partial charge in [0.15, 0.2) is 0 Å². The van der Waals surface area contributed by atoms with Gasteiger partial charge in [-0.15, -0.1) is 0 Å². The molecule has 0 aromatic heterocycles. The second kappa shape index (κ2) is 10.1. The lowest BCUT2D eigenvalue weighted by Gasteiger charge is -2.31. The summed E-state index contributed by atoms with van der Waals surface area (Å²) in [5.74, 6) is -6.64. The molecular formula is C22H25F5N2O2. The van der Waals surface area contributed by atoms with Crippen molar-refractivity contribution >= 4 is 5.91 Å². The molecule has 0 unspecified atom stereocenters. The average Bonchev–Trinajstić information content (AvgIpc) is 2.71. The highest BCUT2D eigenvalue weighted by Crippen LogP contribution is 2.37. The van der Waals surface area contributed by atoms with Crippen LogP contribution in [0.2, 0.25) is 0 Å². The van der Waals surface area contributed by atoms with E-state index in [2.05, 4.69) is 10.6 Å². The second-order valence-corrected chi connectivity index (χ2v) is 7.19. The first-order valence-electron chi connectivity index (χ1n) is 9.70. The molecule has 0 spiro atoms. The maximum atomic E-state index is 14.5. The minimum absolute atomic E-state index is 0.111. The number of rotatable bonds is 9. The monoisotopic (exact) mass is 444 g/mol. The molecule has 0 saturated heterocycles. The Morgan fingerprint density at radius 2 is 1.74 bits per heavy atom. The summed E-state index contributed by atoms with van der Waals surface area (Å²) in [5, 5.41) is 5.04. The van der Waals surface area contributed by atoms with E-state index in [0.29, 0.717) is 6.07 Å². The van der Waals surface area contributed by atoms with Crippen LogP contribution in [-0.4, -0.2) is 38.1 Å². The van der Waals surface area contributed by atoms with Gasteiger partial charge in [0, 0.05) is 24.1 Å². The van der Waals surface area contributed by atoms with Gasteiger partial charge in [-0.1, -0.05) is 13.0 Å². The largest absolute Gasteiger partial charge is 0.496 e. The third-order valence-corrected chi connectivity index (χ3v) is 5.09. The Balaban J connectivity index is 2.40. The van der Waals surface area contributed by atoms with E-state index in [-0.39, 0.29) is 22.4 Å². The first-order valence-corrected chi connectivity index (χ1v) is 9.70. The van der Waals surface area contributed by atoms with Gasteiger partial charge >= 0.3 is 0 Å². The number of ether oxygens (including phenoxy) is 1. The molecule has 170 valence electrons. The maximum Gasteiger partial charge on any atom is 0.269 e.